The minimum Gasteiger partial charge on any atom is -0.457 e. The van der Waals surface area contributed by atoms with Crippen molar-refractivity contribution in [2.75, 3.05) is 23.3 Å². The molecule has 3 aromatic rings. The van der Waals surface area contributed by atoms with Gasteiger partial charge in [-0.25, -0.2) is 0 Å². The zero-order valence-electron chi connectivity index (χ0n) is 16.8. The van der Waals surface area contributed by atoms with Crippen LogP contribution in [0.15, 0.2) is 50.9 Å². The van der Waals surface area contributed by atoms with Crippen molar-refractivity contribution < 1.29 is 9.21 Å². The number of carbonyl (C=O) groups excluding carboxylic acids is 1. The quantitative estimate of drug-likeness (QED) is 0.377. The van der Waals surface area contributed by atoms with Gasteiger partial charge in [-0.05, 0) is 43.0 Å². The van der Waals surface area contributed by atoms with E-state index < -0.39 is 5.91 Å². The highest BCUT2D eigenvalue weighted by atomic mass is 79.9. The zero-order valence-corrected chi connectivity index (χ0v) is 19.2. The van der Waals surface area contributed by atoms with Crippen LogP contribution in [0.4, 0.5) is 10.3 Å². The second-order valence-corrected chi connectivity index (χ2v) is 9.26. The highest BCUT2D eigenvalue weighted by molar-refractivity contribution is 9.10. The molecule has 31 heavy (non-hydrogen) atoms. The summed E-state index contributed by atoms with van der Waals surface area (Å²) in [5.41, 5.74) is 0.833. The van der Waals surface area contributed by atoms with E-state index in [0.29, 0.717) is 16.7 Å². The molecule has 7 nitrogen and oxygen atoms in total. The molecule has 1 saturated heterocycles. The number of nitrogens with zero attached hydrogens (tertiary/aromatic N) is 4. The largest absolute Gasteiger partial charge is 0.457 e. The van der Waals surface area contributed by atoms with E-state index in [1.807, 2.05) is 30.3 Å². The summed E-state index contributed by atoms with van der Waals surface area (Å²) in [6, 6.07) is 13.1. The van der Waals surface area contributed by atoms with Crippen LogP contribution in [-0.2, 0) is 4.79 Å². The number of furan rings is 1. The van der Waals surface area contributed by atoms with Crippen molar-refractivity contribution in [2.45, 2.75) is 19.8 Å². The molecule has 1 fully saturated rings. The fourth-order valence-corrected chi connectivity index (χ4v) is 4.30. The van der Waals surface area contributed by atoms with Crippen LogP contribution in [0.3, 0.4) is 0 Å². The van der Waals surface area contributed by atoms with Crippen molar-refractivity contribution in [1.29, 1.82) is 5.26 Å². The number of nitrogens with one attached hydrogen (secondary N) is 1. The summed E-state index contributed by atoms with van der Waals surface area (Å²) in [5.74, 6) is 1.25. The fourth-order valence-electron chi connectivity index (χ4n) is 3.25. The summed E-state index contributed by atoms with van der Waals surface area (Å²) in [6.45, 7) is 4.12. The number of halogens is 1. The van der Waals surface area contributed by atoms with E-state index in [2.05, 4.69) is 43.3 Å². The summed E-state index contributed by atoms with van der Waals surface area (Å²) >= 11 is 4.72. The number of nitriles is 1. The molecule has 1 amide bonds. The van der Waals surface area contributed by atoms with Gasteiger partial charge >= 0.3 is 0 Å². The second kappa shape index (κ2) is 9.45. The highest BCUT2D eigenvalue weighted by Gasteiger charge is 2.20. The van der Waals surface area contributed by atoms with Gasteiger partial charge in [0.2, 0.25) is 10.3 Å². The van der Waals surface area contributed by atoms with Gasteiger partial charge in [0.25, 0.3) is 5.91 Å². The average Bonchev–Trinajstić information content (AvgIpc) is 3.43. The van der Waals surface area contributed by atoms with Gasteiger partial charge in [0.05, 0.1) is 0 Å². The lowest BCUT2D eigenvalue weighted by Crippen LogP contribution is -2.32. The molecule has 0 unspecified atom stereocenters. The molecule has 1 aliphatic rings. The highest BCUT2D eigenvalue weighted by Crippen LogP contribution is 2.29. The molecule has 0 aliphatic carbocycles. The normalized spacial score (nSPS) is 15.0. The number of benzene rings is 1. The average molecular weight is 498 g/mol. The van der Waals surface area contributed by atoms with Gasteiger partial charge in [-0.1, -0.05) is 46.3 Å². The molecule has 0 radical (unpaired) electrons. The molecule has 1 aromatic carbocycles. The number of carbonyl (C=O) groups is 1. The molecule has 0 bridgehead atoms. The van der Waals surface area contributed by atoms with Gasteiger partial charge in [-0.15, -0.1) is 10.2 Å². The smallest absolute Gasteiger partial charge is 0.268 e. The third kappa shape index (κ3) is 5.21. The molecular weight excluding hydrogens is 478 g/mol. The molecule has 3 heterocycles. The Kier molecular flexibility index (Phi) is 6.49. The summed E-state index contributed by atoms with van der Waals surface area (Å²) in [6.07, 6.45) is 3.66. The Bertz CT molecular complexity index is 1140. The Balaban J connectivity index is 1.43. The molecule has 158 valence electrons. The Morgan fingerprint density at radius 1 is 1.26 bits per heavy atom. The van der Waals surface area contributed by atoms with E-state index in [4.69, 9.17) is 4.42 Å². The summed E-state index contributed by atoms with van der Waals surface area (Å²) < 4.78 is 6.75. The maximum absolute atomic E-state index is 12.6. The third-order valence-corrected chi connectivity index (χ3v) is 6.52. The number of amides is 1. The maximum Gasteiger partial charge on any atom is 0.268 e. The van der Waals surface area contributed by atoms with Gasteiger partial charge in [-0.3, -0.25) is 10.1 Å². The lowest BCUT2D eigenvalue weighted by Gasteiger charge is -2.29. The van der Waals surface area contributed by atoms with E-state index in [0.717, 1.165) is 47.0 Å². The van der Waals surface area contributed by atoms with Crippen molar-refractivity contribution in [2.24, 2.45) is 5.92 Å². The zero-order chi connectivity index (χ0) is 21.8. The van der Waals surface area contributed by atoms with E-state index >= 15 is 0 Å². The maximum atomic E-state index is 12.6. The van der Waals surface area contributed by atoms with Crippen LogP contribution in [0.2, 0.25) is 0 Å². The van der Waals surface area contributed by atoms with E-state index in [-0.39, 0.29) is 5.57 Å². The first-order chi connectivity index (χ1) is 15.0. The molecular formula is C22H20BrN5O2S. The van der Waals surface area contributed by atoms with E-state index in [9.17, 15) is 10.1 Å². The molecule has 1 N–H and O–H groups in total. The predicted octanol–water partition coefficient (Wildman–Crippen LogP) is 5.34. The number of piperidine rings is 1. The van der Waals surface area contributed by atoms with Crippen LogP contribution in [-0.4, -0.2) is 29.2 Å². The van der Waals surface area contributed by atoms with E-state index in [1.54, 1.807) is 12.1 Å². The van der Waals surface area contributed by atoms with Gasteiger partial charge in [-0.2, -0.15) is 5.26 Å². The standard InChI is InChI=1S/C22H20BrN5O2S/c1-14-8-10-28(11-9-14)22-27-26-21(31-22)25-20(29)16(13-24)12-18-6-7-19(30-18)15-2-4-17(23)5-3-15/h2-7,12,14H,8-11H2,1H3,(H,25,26,29)/b16-12-. The number of aromatic nitrogens is 2. The van der Waals surface area contributed by atoms with Crippen LogP contribution >= 0.6 is 27.3 Å². The van der Waals surface area contributed by atoms with Crippen LogP contribution in [0.1, 0.15) is 25.5 Å². The first kappa shape index (κ1) is 21.3. The molecule has 4 rings (SSSR count). The minimum atomic E-state index is -0.543. The third-order valence-electron chi connectivity index (χ3n) is 5.10. The van der Waals surface area contributed by atoms with Gasteiger partial charge in [0.1, 0.15) is 23.2 Å². The Hall–Kier alpha value is -2.96. The number of anilines is 2. The number of hydrogen-bond donors (Lipinski definition) is 1. The van der Waals surface area contributed by atoms with E-state index in [1.165, 1.54) is 17.4 Å². The Morgan fingerprint density at radius 3 is 2.71 bits per heavy atom. The topological polar surface area (TPSA) is 95.0 Å². The van der Waals surface area contributed by atoms with Crippen molar-refractivity contribution in [1.82, 2.24) is 10.2 Å². The SMILES string of the molecule is CC1CCN(c2nnc(NC(=O)/C(C#N)=C\c3ccc(-c4ccc(Br)cc4)o3)s2)CC1. The summed E-state index contributed by atoms with van der Waals surface area (Å²) in [7, 11) is 0. The van der Waals surface area contributed by atoms with Crippen molar-refractivity contribution >= 4 is 49.5 Å². The lowest BCUT2D eigenvalue weighted by molar-refractivity contribution is -0.112. The van der Waals surface area contributed by atoms with Crippen molar-refractivity contribution in [3.05, 3.63) is 52.2 Å². The second-order valence-electron chi connectivity index (χ2n) is 7.39. The van der Waals surface area contributed by atoms with Crippen LogP contribution < -0.4 is 10.2 Å². The molecule has 0 spiro atoms. The molecule has 0 saturated carbocycles. The van der Waals surface area contributed by atoms with Crippen LogP contribution in [0.25, 0.3) is 17.4 Å². The number of hydrogen-bond acceptors (Lipinski definition) is 7. The van der Waals surface area contributed by atoms with Crippen molar-refractivity contribution in [3.8, 4) is 17.4 Å². The molecule has 2 aromatic heterocycles. The monoisotopic (exact) mass is 497 g/mol. The molecule has 1 aliphatic heterocycles. The molecule has 0 atom stereocenters. The molecule has 9 heteroatoms. The summed E-state index contributed by atoms with van der Waals surface area (Å²) in [4.78, 5) is 14.7. The lowest BCUT2D eigenvalue weighted by atomic mass is 10.00. The van der Waals surface area contributed by atoms with Gasteiger partial charge in [0, 0.05) is 29.2 Å². The van der Waals surface area contributed by atoms with Gasteiger partial charge in [0.15, 0.2) is 0 Å². The Morgan fingerprint density at radius 2 is 2.00 bits per heavy atom. The summed E-state index contributed by atoms with van der Waals surface area (Å²) in [5, 5.41) is 21.5. The van der Waals surface area contributed by atoms with Crippen LogP contribution in [0.5, 0.6) is 0 Å². The Labute approximate surface area is 192 Å². The van der Waals surface area contributed by atoms with Gasteiger partial charge < -0.3 is 9.32 Å². The minimum absolute atomic E-state index is 0.0692. The fraction of sp³-hybridized carbons (Fsp3) is 0.273. The number of rotatable bonds is 5. The van der Waals surface area contributed by atoms with Crippen molar-refractivity contribution in [3.63, 3.8) is 0 Å². The first-order valence-corrected chi connectivity index (χ1v) is 11.5. The first-order valence-electron chi connectivity index (χ1n) is 9.89. The predicted molar refractivity (Wildman–Crippen MR) is 125 cm³/mol. The van der Waals surface area contributed by atoms with Crippen LogP contribution in [0, 0.1) is 17.2 Å².